The third kappa shape index (κ3) is 3.68. The van der Waals surface area contributed by atoms with Gasteiger partial charge >= 0.3 is 5.97 Å². The number of hydrogen-bond donors (Lipinski definition) is 3. The molecule has 0 amide bonds. The van der Waals surface area contributed by atoms with Crippen LogP contribution in [0, 0.1) is 0 Å². The number of anilines is 1. The lowest BCUT2D eigenvalue weighted by molar-refractivity contribution is -0.138. The SMILES string of the molecule is NCCCC[C@H](Nc1ccc2ccccc2n1)C(=O)O. The summed E-state index contributed by atoms with van der Waals surface area (Å²) < 4.78 is 0. The highest BCUT2D eigenvalue weighted by atomic mass is 16.4. The normalized spacial score (nSPS) is 12.2. The Morgan fingerprint density at radius 2 is 2.05 bits per heavy atom. The van der Waals surface area contributed by atoms with E-state index in [1.807, 2.05) is 30.3 Å². The standard InChI is InChI=1S/C15H19N3O2/c16-10-4-3-7-13(15(19)20)18-14-9-8-11-5-1-2-6-12(11)17-14/h1-2,5-6,8-9,13H,3-4,7,10,16H2,(H,17,18)(H,19,20)/t13-/m0/s1. The molecule has 0 aliphatic heterocycles. The number of aromatic nitrogens is 1. The first-order valence-electron chi connectivity index (χ1n) is 6.76. The van der Waals surface area contributed by atoms with Gasteiger partial charge in [0, 0.05) is 5.39 Å². The molecular weight excluding hydrogens is 254 g/mol. The van der Waals surface area contributed by atoms with Gasteiger partial charge < -0.3 is 16.2 Å². The Morgan fingerprint density at radius 1 is 1.25 bits per heavy atom. The molecule has 0 fully saturated rings. The minimum absolute atomic E-state index is 0.543. The number of nitrogens with zero attached hydrogens (tertiary/aromatic N) is 1. The molecule has 0 bridgehead atoms. The van der Waals surface area contributed by atoms with Crippen LogP contribution in [0.5, 0.6) is 0 Å². The summed E-state index contributed by atoms with van der Waals surface area (Å²) in [5.41, 5.74) is 6.28. The summed E-state index contributed by atoms with van der Waals surface area (Å²) in [7, 11) is 0. The second kappa shape index (κ2) is 6.86. The Hall–Kier alpha value is -2.14. The lowest BCUT2D eigenvalue weighted by atomic mass is 10.1. The van der Waals surface area contributed by atoms with Gasteiger partial charge in [0.25, 0.3) is 0 Å². The smallest absolute Gasteiger partial charge is 0.326 e. The number of carboxylic acid groups (broad SMARTS) is 1. The number of benzene rings is 1. The zero-order valence-electron chi connectivity index (χ0n) is 11.2. The van der Waals surface area contributed by atoms with Crippen LogP contribution in [-0.4, -0.2) is 28.6 Å². The molecule has 5 heteroatoms. The van der Waals surface area contributed by atoms with Gasteiger partial charge in [-0.25, -0.2) is 9.78 Å². The zero-order chi connectivity index (χ0) is 14.4. The summed E-state index contributed by atoms with van der Waals surface area (Å²) in [4.78, 5) is 15.7. The van der Waals surface area contributed by atoms with Crippen LogP contribution >= 0.6 is 0 Å². The molecule has 0 saturated heterocycles. The van der Waals surface area contributed by atoms with Crippen LogP contribution in [0.25, 0.3) is 10.9 Å². The van der Waals surface area contributed by atoms with Crippen LogP contribution in [0.1, 0.15) is 19.3 Å². The van der Waals surface area contributed by atoms with E-state index < -0.39 is 12.0 Å². The number of para-hydroxylation sites is 1. The van der Waals surface area contributed by atoms with Gasteiger partial charge in [0.2, 0.25) is 0 Å². The van der Waals surface area contributed by atoms with Crippen molar-refractivity contribution >= 4 is 22.7 Å². The number of pyridine rings is 1. The largest absolute Gasteiger partial charge is 0.480 e. The highest BCUT2D eigenvalue weighted by molar-refractivity contribution is 5.81. The average molecular weight is 273 g/mol. The van der Waals surface area contributed by atoms with E-state index in [1.165, 1.54) is 0 Å². The number of nitrogens with two attached hydrogens (primary N) is 1. The van der Waals surface area contributed by atoms with Gasteiger partial charge in [-0.3, -0.25) is 0 Å². The third-order valence-electron chi connectivity index (χ3n) is 3.17. The van der Waals surface area contributed by atoms with Gasteiger partial charge in [0.1, 0.15) is 11.9 Å². The topological polar surface area (TPSA) is 88.2 Å². The fourth-order valence-electron chi connectivity index (χ4n) is 2.08. The molecule has 2 aromatic rings. The molecular formula is C15H19N3O2. The molecule has 1 atom stereocenters. The first-order valence-corrected chi connectivity index (χ1v) is 6.76. The summed E-state index contributed by atoms with van der Waals surface area (Å²) in [5, 5.41) is 13.2. The average Bonchev–Trinajstić information content (AvgIpc) is 2.46. The summed E-state index contributed by atoms with van der Waals surface area (Å²) in [6.07, 6.45) is 2.16. The van der Waals surface area contributed by atoms with Crippen molar-refractivity contribution in [3.05, 3.63) is 36.4 Å². The van der Waals surface area contributed by atoms with Crippen molar-refractivity contribution in [2.24, 2.45) is 5.73 Å². The Balaban J connectivity index is 2.09. The number of fused-ring (bicyclic) bond motifs is 1. The first-order chi connectivity index (χ1) is 9.70. The van der Waals surface area contributed by atoms with Gasteiger partial charge in [-0.1, -0.05) is 18.2 Å². The van der Waals surface area contributed by atoms with E-state index in [2.05, 4.69) is 10.3 Å². The molecule has 2 rings (SSSR count). The fourth-order valence-corrected chi connectivity index (χ4v) is 2.08. The molecule has 0 aliphatic rings. The van der Waals surface area contributed by atoms with E-state index in [0.29, 0.717) is 18.8 Å². The van der Waals surface area contributed by atoms with E-state index in [-0.39, 0.29) is 0 Å². The molecule has 106 valence electrons. The first kappa shape index (κ1) is 14.3. The predicted octanol–water partition coefficient (Wildman–Crippen LogP) is 2.23. The molecule has 0 radical (unpaired) electrons. The highest BCUT2D eigenvalue weighted by Crippen LogP contribution is 2.16. The molecule has 1 aromatic carbocycles. The third-order valence-corrected chi connectivity index (χ3v) is 3.17. The zero-order valence-corrected chi connectivity index (χ0v) is 11.2. The van der Waals surface area contributed by atoms with Crippen molar-refractivity contribution < 1.29 is 9.90 Å². The lowest BCUT2D eigenvalue weighted by Gasteiger charge is -2.15. The number of aliphatic carboxylic acids is 1. The van der Waals surface area contributed by atoms with Crippen LogP contribution in [-0.2, 0) is 4.79 Å². The second-order valence-electron chi connectivity index (χ2n) is 4.71. The number of rotatable bonds is 7. The van der Waals surface area contributed by atoms with Gasteiger partial charge in [-0.15, -0.1) is 0 Å². The number of hydrogen-bond acceptors (Lipinski definition) is 4. The summed E-state index contributed by atoms with van der Waals surface area (Å²) in [5.74, 6) is -0.277. The number of carbonyl (C=O) groups is 1. The maximum atomic E-state index is 11.2. The van der Waals surface area contributed by atoms with E-state index >= 15 is 0 Å². The van der Waals surface area contributed by atoms with Crippen LogP contribution in [0.2, 0.25) is 0 Å². The Labute approximate surface area is 117 Å². The van der Waals surface area contributed by atoms with Crippen molar-refractivity contribution in [1.29, 1.82) is 0 Å². The maximum Gasteiger partial charge on any atom is 0.326 e. The number of unbranched alkanes of at least 4 members (excludes halogenated alkanes) is 1. The van der Waals surface area contributed by atoms with Crippen LogP contribution in [0.4, 0.5) is 5.82 Å². The second-order valence-corrected chi connectivity index (χ2v) is 4.71. The monoisotopic (exact) mass is 273 g/mol. The van der Waals surface area contributed by atoms with E-state index in [0.717, 1.165) is 23.7 Å². The lowest BCUT2D eigenvalue weighted by Crippen LogP contribution is -2.29. The van der Waals surface area contributed by atoms with Gasteiger partial charge in [0.05, 0.1) is 5.52 Å². The van der Waals surface area contributed by atoms with Crippen LogP contribution in [0.15, 0.2) is 36.4 Å². The number of carboxylic acids is 1. The highest BCUT2D eigenvalue weighted by Gasteiger charge is 2.17. The molecule has 20 heavy (non-hydrogen) atoms. The Kier molecular flexibility index (Phi) is 4.90. The van der Waals surface area contributed by atoms with Gasteiger partial charge in [-0.2, -0.15) is 0 Å². The maximum absolute atomic E-state index is 11.2. The van der Waals surface area contributed by atoms with Crippen molar-refractivity contribution in [3.63, 3.8) is 0 Å². The summed E-state index contributed by atoms with van der Waals surface area (Å²) >= 11 is 0. The van der Waals surface area contributed by atoms with Crippen molar-refractivity contribution in [2.75, 3.05) is 11.9 Å². The molecule has 4 N–H and O–H groups in total. The van der Waals surface area contributed by atoms with Crippen molar-refractivity contribution in [1.82, 2.24) is 4.98 Å². The molecule has 5 nitrogen and oxygen atoms in total. The molecule has 0 aliphatic carbocycles. The van der Waals surface area contributed by atoms with E-state index in [9.17, 15) is 9.90 Å². The molecule has 0 unspecified atom stereocenters. The van der Waals surface area contributed by atoms with E-state index in [4.69, 9.17) is 5.73 Å². The van der Waals surface area contributed by atoms with Crippen LogP contribution < -0.4 is 11.1 Å². The van der Waals surface area contributed by atoms with Crippen LogP contribution in [0.3, 0.4) is 0 Å². The van der Waals surface area contributed by atoms with Gasteiger partial charge in [0.15, 0.2) is 0 Å². The predicted molar refractivity (Wildman–Crippen MR) is 79.7 cm³/mol. The molecule has 1 aromatic heterocycles. The van der Waals surface area contributed by atoms with Gasteiger partial charge in [-0.05, 0) is 44.0 Å². The number of nitrogens with one attached hydrogen (secondary N) is 1. The minimum atomic E-state index is -0.864. The Bertz CT molecular complexity index is 586. The van der Waals surface area contributed by atoms with E-state index in [1.54, 1.807) is 6.07 Å². The molecule has 1 heterocycles. The molecule has 0 saturated carbocycles. The fraction of sp³-hybridized carbons (Fsp3) is 0.333. The van der Waals surface area contributed by atoms with Crippen molar-refractivity contribution in [2.45, 2.75) is 25.3 Å². The van der Waals surface area contributed by atoms with Crippen molar-refractivity contribution in [3.8, 4) is 0 Å². The summed E-state index contributed by atoms with van der Waals surface area (Å²) in [6.45, 7) is 0.584. The quantitative estimate of drug-likeness (QED) is 0.673. The summed E-state index contributed by atoms with van der Waals surface area (Å²) in [6, 6.07) is 10.9. The molecule has 0 spiro atoms. The Morgan fingerprint density at radius 3 is 2.80 bits per heavy atom. The minimum Gasteiger partial charge on any atom is -0.480 e.